The van der Waals surface area contributed by atoms with Gasteiger partial charge in [-0.25, -0.2) is 9.59 Å². The van der Waals surface area contributed by atoms with Gasteiger partial charge in [-0.15, -0.1) is 0 Å². The van der Waals surface area contributed by atoms with Crippen molar-refractivity contribution in [2.24, 2.45) is 0 Å². The molecule has 2 N–H and O–H groups in total. The number of fused-ring (bicyclic) bond motifs is 1. The topological polar surface area (TPSA) is 96.4 Å². The number of rotatable bonds is 3. The number of H-pyrrole nitrogens is 1. The number of hydrogen-bond donors (Lipinski definition) is 2. The summed E-state index contributed by atoms with van der Waals surface area (Å²) in [5.74, 6) is -0.483. The number of likely N-dealkylation sites (tertiary alicyclic amines) is 1. The first kappa shape index (κ1) is 16.1. The zero-order valence-electron chi connectivity index (χ0n) is 13.4. The number of nitrogens with zero attached hydrogens (tertiary/aromatic N) is 2. The molecular weight excluding hydrogens is 312 g/mol. The van der Waals surface area contributed by atoms with Gasteiger partial charge in [0, 0.05) is 19.1 Å². The molecule has 24 heavy (non-hydrogen) atoms. The van der Waals surface area contributed by atoms with E-state index in [-0.39, 0.29) is 24.3 Å². The van der Waals surface area contributed by atoms with Gasteiger partial charge >= 0.3 is 17.7 Å². The molecule has 1 saturated heterocycles. The Hall–Kier alpha value is -2.77. The molecule has 0 bridgehead atoms. The highest BCUT2D eigenvalue weighted by molar-refractivity contribution is 5.80. The van der Waals surface area contributed by atoms with Gasteiger partial charge in [0.25, 0.3) is 0 Å². The molecule has 1 aliphatic heterocycles. The largest absolute Gasteiger partial charge is 0.468 e. The summed E-state index contributed by atoms with van der Waals surface area (Å²) in [6, 6.07) is 7.35. The van der Waals surface area contributed by atoms with Crippen molar-refractivity contribution < 1.29 is 14.3 Å². The molecular formula is C16H20N4O4. The average Bonchev–Trinajstić information content (AvgIpc) is 2.95. The van der Waals surface area contributed by atoms with E-state index in [0.717, 1.165) is 11.0 Å². The molecule has 2 amide bonds. The van der Waals surface area contributed by atoms with E-state index in [4.69, 9.17) is 0 Å². The third-order valence-corrected chi connectivity index (χ3v) is 4.35. The van der Waals surface area contributed by atoms with Crippen LogP contribution in [0.5, 0.6) is 0 Å². The molecule has 0 saturated carbocycles. The minimum Gasteiger partial charge on any atom is -0.468 e. The SMILES string of the molecule is COC(=O)CNC(=O)N1CCC(n2c(=O)[nH]c3ccccc32)CC1. The van der Waals surface area contributed by atoms with E-state index in [0.29, 0.717) is 25.9 Å². The lowest BCUT2D eigenvalue weighted by atomic mass is 10.0. The summed E-state index contributed by atoms with van der Waals surface area (Å²) in [6.07, 6.45) is 1.38. The van der Waals surface area contributed by atoms with Crippen molar-refractivity contribution in [3.8, 4) is 0 Å². The summed E-state index contributed by atoms with van der Waals surface area (Å²) in [4.78, 5) is 39.8. The second-order valence-corrected chi connectivity index (χ2v) is 5.77. The van der Waals surface area contributed by atoms with Gasteiger partial charge in [-0.05, 0) is 25.0 Å². The zero-order chi connectivity index (χ0) is 17.1. The van der Waals surface area contributed by atoms with Crippen LogP contribution >= 0.6 is 0 Å². The maximum atomic E-state index is 12.2. The summed E-state index contributed by atoms with van der Waals surface area (Å²) in [7, 11) is 1.28. The fourth-order valence-corrected chi connectivity index (χ4v) is 3.10. The van der Waals surface area contributed by atoms with Crippen molar-refractivity contribution in [1.82, 2.24) is 19.8 Å². The van der Waals surface area contributed by atoms with Crippen LogP contribution in [0.15, 0.2) is 29.1 Å². The number of nitrogens with one attached hydrogen (secondary N) is 2. The summed E-state index contributed by atoms with van der Waals surface area (Å²) in [6.45, 7) is 0.921. The second-order valence-electron chi connectivity index (χ2n) is 5.77. The van der Waals surface area contributed by atoms with Gasteiger partial charge in [0.05, 0.1) is 18.1 Å². The monoisotopic (exact) mass is 332 g/mol. The maximum absolute atomic E-state index is 12.2. The Balaban J connectivity index is 1.64. The number of hydrogen-bond acceptors (Lipinski definition) is 4. The fourth-order valence-electron chi connectivity index (χ4n) is 3.10. The molecule has 0 radical (unpaired) electrons. The van der Waals surface area contributed by atoms with E-state index in [9.17, 15) is 14.4 Å². The molecule has 0 atom stereocenters. The van der Waals surface area contributed by atoms with E-state index >= 15 is 0 Å². The molecule has 1 aromatic heterocycles. The van der Waals surface area contributed by atoms with Crippen LogP contribution in [-0.4, -0.2) is 53.2 Å². The number of piperidine rings is 1. The highest BCUT2D eigenvalue weighted by Gasteiger charge is 2.26. The van der Waals surface area contributed by atoms with Crippen molar-refractivity contribution in [3.05, 3.63) is 34.7 Å². The Kier molecular flexibility index (Phi) is 4.54. The quantitative estimate of drug-likeness (QED) is 0.814. The van der Waals surface area contributed by atoms with Crippen molar-refractivity contribution in [1.29, 1.82) is 0 Å². The predicted octanol–water partition coefficient (Wildman–Crippen LogP) is 0.849. The first-order chi connectivity index (χ1) is 11.6. The normalized spacial score (nSPS) is 15.5. The third-order valence-electron chi connectivity index (χ3n) is 4.35. The summed E-state index contributed by atoms with van der Waals surface area (Å²) in [5.41, 5.74) is 1.58. The van der Waals surface area contributed by atoms with Crippen LogP contribution < -0.4 is 11.0 Å². The molecule has 1 aliphatic rings. The van der Waals surface area contributed by atoms with Crippen molar-refractivity contribution >= 4 is 23.0 Å². The maximum Gasteiger partial charge on any atom is 0.326 e. The Morgan fingerprint density at radius 1 is 1.29 bits per heavy atom. The Morgan fingerprint density at radius 3 is 2.71 bits per heavy atom. The van der Waals surface area contributed by atoms with Gasteiger partial charge in [0.15, 0.2) is 0 Å². The molecule has 0 spiro atoms. The van der Waals surface area contributed by atoms with Gasteiger partial charge in [0.2, 0.25) is 0 Å². The fraction of sp³-hybridized carbons (Fsp3) is 0.438. The molecule has 0 aliphatic carbocycles. The van der Waals surface area contributed by atoms with E-state index in [1.165, 1.54) is 7.11 Å². The van der Waals surface area contributed by atoms with Gasteiger partial charge in [-0.3, -0.25) is 9.36 Å². The number of esters is 1. The van der Waals surface area contributed by atoms with Crippen molar-refractivity contribution in [2.75, 3.05) is 26.7 Å². The molecule has 8 nitrogen and oxygen atoms in total. The smallest absolute Gasteiger partial charge is 0.326 e. The standard InChI is InChI=1S/C16H20N4O4/c1-24-14(21)10-17-15(22)19-8-6-11(7-9-19)20-13-5-3-2-4-12(13)18-16(20)23/h2-5,11H,6-10H2,1H3,(H,17,22)(H,18,23). The lowest BCUT2D eigenvalue weighted by Crippen LogP contribution is -2.46. The highest BCUT2D eigenvalue weighted by atomic mass is 16.5. The Labute approximate surface area is 138 Å². The van der Waals surface area contributed by atoms with Gasteiger partial charge in [-0.1, -0.05) is 12.1 Å². The van der Waals surface area contributed by atoms with E-state index < -0.39 is 5.97 Å². The number of benzene rings is 1. The van der Waals surface area contributed by atoms with Gasteiger partial charge < -0.3 is 19.9 Å². The first-order valence-electron chi connectivity index (χ1n) is 7.89. The third kappa shape index (κ3) is 3.12. The number of aromatic nitrogens is 2. The van der Waals surface area contributed by atoms with E-state index in [1.54, 1.807) is 9.47 Å². The van der Waals surface area contributed by atoms with Crippen LogP contribution in [0.25, 0.3) is 11.0 Å². The van der Waals surface area contributed by atoms with Crippen LogP contribution in [0.3, 0.4) is 0 Å². The Bertz CT molecular complexity index is 802. The number of methoxy groups -OCH3 is 1. The van der Waals surface area contributed by atoms with E-state index in [2.05, 4.69) is 15.0 Å². The predicted molar refractivity (Wildman–Crippen MR) is 87.8 cm³/mol. The van der Waals surface area contributed by atoms with Gasteiger partial charge in [-0.2, -0.15) is 0 Å². The minimum atomic E-state index is -0.483. The van der Waals surface area contributed by atoms with Crippen LogP contribution in [0, 0.1) is 0 Å². The van der Waals surface area contributed by atoms with Crippen molar-refractivity contribution in [2.45, 2.75) is 18.9 Å². The molecule has 2 heterocycles. The second kappa shape index (κ2) is 6.77. The van der Waals surface area contributed by atoms with E-state index in [1.807, 2.05) is 24.3 Å². The molecule has 3 rings (SSSR count). The summed E-state index contributed by atoms with van der Waals surface area (Å²) >= 11 is 0. The van der Waals surface area contributed by atoms with Crippen LogP contribution in [-0.2, 0) is 9.53 Å². The number of ether oxygens (including phenoxy) is 1. The van der Waals surface area contributed by atoms with Crippen LogP contribution in [0.1, 0.15) is 18.9 Å². The number of para-hydroxylation sites is 2. The summed E-state index contributed by atoms with van der Waals surface area (Å²) < 4.78 is 6.27. The molecule has 8 heteroatoms. The number of carbonyl (C=O) groups is 2. The number of amides is 2. The zero-order valence-corrected chi connectivity index (χ0v) is 13.4. The minimum absolute atomic E-state index is 0.0540. The highest BCUT2D eigenvalue weighted by Crippen LogP contribution is 2.24. The summed E-state index contributed by atoms with van der Waals surface area (Å²) in [5, 5.41) is 2.53. The van der Waals surface area contributed by atoms with Gasteiger partial charge in [0.1, 0.15) is 6.54 Å². The molecule has 128 valence electrons. The molecule has 1 fully saturated rings. The number of carbonyl (C=O) groups excluding carboxylic acids is 2. The number of imidazole rings is 1. The molecule has 2 aromatic rings. The number of urea groups is 1. The number of aromatic amines is 1. The lowest BCUT2D eigenvalue weighted by molar-refractivity contribution is -0.139. The Morgan fingerprint density at radius 2 is 2.00 bits per heavy atom. The van der Waals surface area contributed by atoms with Crippen molar-refractivity contribution in [3.63, 3.8) is 0 Å². The first-order valence-corrected chi connectivity index (χ1v) is 7.89. The lowest BCUT2D eigenvalue weighted by Gasteiger charge is -2.32. The molecule has 1 aromatic carbocycles. The van der Waals surface area contributed by atoms with Crippen LogP contribution in [0.2, 0.25) is 0 Å². The average molecular weight is 332 g/mol. The van der Waals surface area contributed by atoms with Crippen LogP contribution in [0.4, 0.5) is 4.79 Å². The molecule has 0 unspecified atom stereocenters.